The molecule has 0 bridgehead atoms. The van der Waals surface area contributed by atoms with Crippen molar-refractivity contribution in [3.63, 3.8) is 0 Å². The third kappa shape index (κ3) is 4.97. The molecule has 3 rings (SSSR count). The van der Waals surface area contributed by atoms with Crippen LogP contribution < -0.4 is 5.32 Å². The molecule has 0 radical (unpaired) electrons. The van der Waals surface area contributed by atoms with E-state index in [1.165, 1.54) is 0 Å². The SMILES string of the molecule is CC(C)C(=O)NCCc1nnc2n1CCN(C(=O)C#Cc1ccccc1)CC2. The molecule has 0 aliphatic carbocycles. The highest BCUT2D eigenvalue weighted by atomic mass is 16.2. The van der Waals surface area contributed by atoms with Crippen molar-refractivity contribution in [1.82, 2.24) is 25.0 Å². The normalized spacial score (nSPS) is 13.3. The first kappa shape index (κ1) is 19.6. The summed E-state index contributed by atoms with van der Waals surface area (Å²) in [4.78, 5) is 25.9. The van der Waals surface area contributed by atoms with Gasteiger partial charge in [0.05, 0.1) is 0 Å². The fourth-order valence-electron chi connectivity index (χ4n) is 3.00. The Morgan fingerprint density at radius 2 is 1.93 bits per heavy atom. The molecule has 0 unspecified atom stereocenters. The number of nitrogens with zero attached hydrogens (tertiary/aromatic N) is 4. The molecular formula is C21H25N5O2. The van der Waals surface area contributed by atoms with Crippen LogP contribution in [-0.4, -0.2) is 51.1 Å². The molecule has 0 saturated carbocycles. The predicted molar refractivity (Wildman–Crippen MR) is 105 cm³/mol. The Balaban J connectivity index is 1.58. The number of benzene rings is 1. The first-order chi connectivity index (χ1) is 13.5. The molecule has 7 nitrogen and oxygen atoms in total. The lowest BCUT2D eigenvalue weighted by atomic mass is 10.2. The van der Waals surface area contributed by atoms with E-state index in [4.69, 9.17) is 0 Å². The zero-order valence-corrected chi connectivity index (χ0v) is 16.3. The number of rotatable bonds is 4. The van der Waals surface area contributed by atoms with E-state index in [-0.39, 0.29) is 17.7 Å². The number of hydrogen-bond acceptors (Lipinski definition) is 4. The Bertz CT molecular complexity index is 893. The summed E-state index contributed by atoms with van der Waals surface area (Å²) >= 11 is 0. The molecule has 0 saturated heterocycles. The summed E-state index contributed by atoms with van der Waals surface area (Å²) in [5.41, 5.74) is 0.827. The van der Waals surface area contributed by atoms with Crippen LogP contribution in [0.3, 0.4) is 0 Å². The van der Waals surface area contributed by atoms with Crippen LogP contribution in [0.2, 0.25) is 0 Å². The maximum Gasteiger partial charge on any atom is 0.298 e. The van der Waals surface area contributed by atoms with Gasteiger partial charge in [0, 0.05) is 56.4 Å². The van der Waals surface area contributed by atoms with Crippen molar-refractivity contribution in [2.24, 2.45) is 5.92 Å². The Hall–Kier alpha value is -3.14. The number of aromatic nitrogens is 3. The lowest BCUT2D eigenvalue weighted by molar-refractivity contribution is -0.125. The van der Waals surface area contributed by atoms with Gasteiger partial charge >= 0.3 is 0 Å². The van der Waals surface area contributed by atoms with Crippen molar-refractivity contribution in [2.45, 2.75) is 33.2 Å². The van der Waals surface area contributed by atoms with Crippen LogP contribution in [0, 0.1) is 17.8 Å². The maximum atomic E-state index is 12.5. The van der Waals surface area contributed by atoms with Gasteiger partial charge in [-0.05, 0) is 12.1 Å². The standard InChI is InChI=1S/C21H25N5O2/c1-16(2)21(28)22-12-10-18-23-24-19-11-13-25(14-15-26(18)19)20(27)9-8-17-6-4-3-5-7-17/h3-7,16H,10-15H2,1-2H3,(H,22,28). The van der Waals surface area contributed by atoms with E-state index in [1.54, 1.807) is 4.90 Å². The zero-order chi connectivity index (χ0) is 19.9. The van der Waals surface area contributed by atoms with Crippen molar-refractivity contribution in [1.29, 1.82) is 0 Å². The second-order valence-corrected chi connectivity index (χ2v) is 7.04. The van der Waals surface area contributed by atoms with E-state index in [1.807, 2.05) is 44.2 Å². The molecule has 2 amide bonds. The first-order valence-electron chi connectivity index (χ1n) is 9.59. The van der Waals surface area contributed by atoms with Crippen LogP contribution >= 0.6 is 0 Å². The monoisotopic (exact) mass is 379 g/mol. The number of carbonyl (C=O) groups excluding carboxylic acids is 2. The number of nitrogens with one attached hydrogen (secondary N) is 1. The van der Waals surface area contributed by atoms with Crippen LogP contribution in [0.1, 0.15) is 31.1 Å². The van der Waals surface area contributed by atoms with E-state index in [0.717, 1.165) is 17.2 Å². The Morgan fingerprint density at radius 1 is 1.14 bits per heavy atom. The molecule has 146 valence electrons. The van der Waals surface area contributed by atoms with E-state index in [9.17, 15) is 9.59 Å². The molecule has 1 aromatic carbocycles. The fraction of sp³-hybridized carbons (Fsp3) is 0.429. The van der Waals surface area contributed by atoms with Crippen LogP contribution in [0.15, 0.2) is 30.3 Å². The third-order valence-electron chi connectivity index (χ3n) is 4.65. The largest absolute Gasteiger partial charge is 0.355 e. The van der Waals surface area contributed by atoms with Gasteiger partial charge in [-0.25, -0.2) is 0 Å². The number of amides is 2. The zero-order valence-electron chi connectivity index (χ0n) is 16.3. The fourth-order valence-corrected chi connectivity index (χ4v) is 3.00. The van der Waals surface area contributed by atoms with Crippen molar-refractivity contribution in [3.05, 3.63) is 47.5 Å². The van der Waals surface area contributed by atoms with Gasteiger partial charge in [-0.1, -0.05) is 38.0 Å². The van der Waals surface area contributed by atoms with Gasteiger partial charge in [0.15, 0.2) is 0 Å². The summed E-state index contributed by atoms with van der Waals surface area (Å²) in [6, 6.07) is 9.49. The second-order valence-electron chi connectivity index (χ2n) is 7.04. The Labute approximate surface area is 165 Å². The van der Waals surface area contributed by atoms with E-state index >= 15 is 0 Å². The second kappa shape index (κ2) is 9.18. The van der Waals surface area contributed by atoms with Gasteiger partial charge in [0.2, 0.25) is 5.91 Å². The quantitative estimate of drug-likeness (QED) is 0.805. The van der Waals surface area contributed by atoms with Gasteiger partial charge in [-0.15, -0.1) is 10.2 Å². The van der Waals surface area contributed by atoms with Crippen LogP contribution in [-0.2, 0) is 29.0 Å². The van der Waals surface area contributed by atoms with Crippen LogP contribution in [0.4, 0.5) is 0 Å². The lowest BCUT2D eigenvalue weighted by Crippen LogP contribution is -2.33. The average molecular weight is 379 g/mol. The molecule has 0 fully saturated rings. The summed E-state index contributed by atoms with van der Waals surface area (Å²) < 4.78 is 2.05. The van der Waals surface area contributed by atoms with Gasteiger partial charge in [0.25, 0.3) is 5.91 Å². The van der Waals surface area contributed by atoms with Gasteiger partial charge in [-0.3, -0.25) is 9.59 Å². The first-order valence-corrected chi connectivity index (χ1v) is 9.59. The molecule has 0 atom stereocenters. The average Bonchev–Trinajstić information content (AvgIpc) is 2.95. The highest BCUT2D eigenvalue weighted by Gasteiger charge is 2.21. The summed E-state index contributed by atoms with van der Waals surface area (Å²) in [5.74, 6) is 7.18. The van der Waals surface area contributed by atoms with E-state index in [0.29, 0.717) is 39.0 Å². The predicted octanol–water partition coefficient (Wildman–Crippen LogP) is 1.03. The van der Waals surface area contributed by atoms with Crippen molar-refractivity contribution in [2.75, 3.05) is 19.6 Å². The molecular weight excluding hydrogens is 354 g/mol. The summed E-state index contributed by atoms with van der Waals surface area (Å²) in [7, 11) is 0. The van der Waals surface area contributed by atoms with Crippen LogP contribution in [0.25, 0.3) is 0 Å². The molecule has 2 aromatic rings. The highest BCUT2D eigenvalue weighted by Crippen LogP contribution is 2.10. The minimum absolute atomic E-state index is 0.0318. The lowest BCUT2D eigenvalue weighted by Gasteiger charge is -2.16. The molecule has 1 N–H and O–H groups in total. The Kier molecular flexibility index (Phi) is 6.43. The van der Waals surface area contributed by atoms with Crippen LogP contribution in [0.5, 0.6) is 0 Å². The minimum atomic E-state index is -0.173. The summed E-state index contributed by atoms with van der Waals surface area (Å²) in [5, 5.41) is 11.4. The molecule has 1 aromatic heterocycles. The van der Waals surface area contributed by atoms with E-state index in [2.05, 4.69) is 31.9 Å². The van der Waals surface area contributed by atoms with Gasteiger partial charge < -0.3 is 14.8 Å². The highest BCUT2D eigenvalue weighted by molar-refractivity contribution is 5.94. The van der Waals surface area contributed by atoms with Crippen molar-refractivity contribution >= 4 is 11.8 Å². The Morgan fingerprint density at radius 3 is 2.68 bits per heavy atom. The van der Waals surface area contributed by atoms with Crippen molar-refractivity contribution < 1.29 is 9.59 Å². The van der Waals surface area contributed by atoms with E-state index < -0.39 is 0 Å². The summed E-state index contributed by atoms with van der Waals surface area (Å²) in [6.07, 6.45) is 1.26. The number of hydrogen-bond donors (Lipinski definition) is 1. The molecule has 2 heterocycles. The van der Waals surface area contributed by atoms with Crippen molar-refractivity contribution in [3.8, 4) is 11.8 Å². The smallest absolute Gasteiger partial charge is 0.298 e. The minimum Gasteiger partial charge on any atom is -0.355 e. The number of carbonyl (C=O) groups is 2. The molecule has 7 heteroatoms. The molecule has 28 heavy (non-hydrogen) atoms. The molecule has 1 aliphatic rings. The van der Waals surface area contributed by atoms with Gasteiger partial charge in [-0.2, -0.15) is 0 Å². The number of fused-ring (bicyclic) bond motifs is 1. The topological polar surface area (TPSA) is 80.1 Å². The molecule has 0 spiro atoms. The molecule has 1 aliphatic heterocycles. The maximum absolute atomic E-state index is 12.5. The summed E-state index contributed by atoms with van der Waals surface area (Å²) in [6.45, 7) is 6.04. The third-order valence-corrected chi connectivity index (χ3v) is 4.65. The van der Waals surface area contributed by atoms with Gasteiger partial charge in [0.1, 0.15) is 11.6 Å².